The smallest absolute Gasteiger partial charge is 0.339 e. The highest BCUT2D eigenvalue weighted by Gasteiger charge is 2.94. The van der Waals surface area contributed by atoms with Crippen LogP contribution in [0.3, 0.4) is 0 Å². The van der Waals surface area contributed by atoms with Crippen molar-refractivity contribution in [3.63, 3.8) is 0 Å². The van der Waals surface area contributed by atoms with Crippen molar-refractivity contribution in [2.45, 2.75) is 197 Å². The number of carbonyl (C=O) groups excluding carboxylic acids is 2. The zero-order valence-electron chi connectivity index (χ0n) is 47.9. The topological polar surface area (TPSA) is 105 Å². The minimum Gasteiger partial charge on any atom is -0.509 e. The van der Waals surface area contributed by atoms with Crippen molar-refractivity contribution >= 4 is 11.9 Å². The predicted octanol–water partition coefficient (Wildman–Crippen LogP) is 13.9. The minimum atomic E-state index is -1.17. The zero-order valence-corrected chi connectivity index (χ0v) is 47.9. The largest absolute Gasteiger partial charge is 0.509 e. The standard InChI is InChI=1S/C72H89N3O5/c73-32-9-15-44-13-7-18-53-59(44)64(77)80-72(53)56-35-45(43-11-2-1-3-12-43)19-21-51-50-17-6-14-46-34-47-20-22-54-48-33-42-37-74(39-48)57(66-30-23-49-16-8-27-68(49)28-10-29-69(68,41-66)67(40-66)25-4-5-26-67)36-55(76)63-70(72)31-24-52(61(51)71(56,70)65(78)79-63)60(58(46)50)62(47)75(54)38-42/h6-7,13,17-19,21,23,30,42-43,45-46,48-51,54,56-58,60,76H,1-5,8-12,14-16,20,22,24-29,31-41,73H2. The first-order chi connectivity index (χ1) is 39.1. The quantitative estimate of drug-likeness (QED) is 0.222. The van der Waals surface area contributed by atoms with Gasteiger partial charge in [0.05, 0.1) is 11.0 Å². The van der Waals surface area contributed by atoms with Crippen LogP contribution in [0.15, 0.2) is 88.6 Å². The van der Waals surface area contributed by atoms with Gasteiger partial charge in [0.15, 0.2) is 11.4 Å². The number of carbonyl (C=O) groups is 2. The number of aryl methyl sites for hydroxylation is 1. The first-order valence-corrected chi connectivity index (χ1v) is 33.9. The molecule has 422 valence electrons. The van der Waals surface area contributed by atoms with Gasteiger partial charge in [-0.1, -0.05) is 111 Å². The second kappa shape index (κ2) is 16.3. The van der Waals surface area contributed by atoms with E-state index >= 15 is 9.59 Å². The summed E-state index contributed by atoms with van der Waals surface area (Å²) in [6.07, 6.45) is 49.0. The van der Waals surface area contributed by atoms with Gasteiger partial charge in [0.2, 0.25) is 0 Å². The van der Waals surface area contributed by atoms with E-state index in [0.29, 0.717) is 101 Å². The molecule has 9 fully saturated rings. The van der Waals surface area contributed by atoms with Gasteiger partial charge in [-0.05, 0) is 210 Å². The van der Waals surface area contributed by atoms with Crippen LogP contribution in [0.2, 0.25) is 0 Å². The van der Waals surface area contributed by atoms with Crippen molar-refractivity contribution in [2.75, 3.05) is 26.2 Å². The molecule has 9 heterocycles. The van der Waals surface area contributed by atoms with Crippen molar-refractivity contribution in [1.29, 1.82) is 0 Å². The lowest BCUT2D eigenvalue weighted by Crippen LogP contribution is -2.78. The zero-order chi connectivity index (χ0) is 52.9. The molecule has 19 unspecified atom stereocenters. The van der Waals surface area contributed by atoms with Crippen LogP contribution in [0.5, 0.6) is 0 Å². The Morgan fingerprint density at radius 1 is 0.800 bits per heavy atom. The van der Waals surface area contributed by atoms with Gasteiger partial charge in [-0.2, -0.15) is 0 Å². The molecule has 0 aromatic heterocycles. The van der Waals surface area contributed by atoms with Gasteiger partial charge in [0, 0.05) is 72.6 Å². The Morgan fingerprint density at radius 2 is 1.69 bits per heavy atom. The molecule has 8 heteroatoms. The Bertz CT molecular complexity index is 3130. The summed E-state index contributed by atoms with van der Waals surface area (Å²) in [5.74, 6) is 4.32. The molecule has 1 aromatic rings. The van der Waals surface area contributed by atoms with Crippen LogP contribution in [0.25, 0.3) is 0 Å². The average Bonchev–Trinajstić information content (AvgIpc) is 1.35. The molecule has 0 amide bonds. The molecule has 12 aliphatic carbocycles. The molecule has 6 spiro atoms. The maximum Gasteiger partial charge on any atom is 0.339 e. The van der Waals surface area contributed by atoms with Crippen molar-refractivity contribution in [1.82, 2.24) is 9.80 Å². The molecule has 3 N–H and O–H groups in total. The van der Waals surface area contributed by atoms with Crippen molar-refractivity contribution in [3.8, 4) is 0 Å². The fourth-order valence-corrected chi connectivity index (χ4v) is 27.8. The lowest BCUT2D eigenvalue weighted by molar-refractivity contribution is -0.283. The Balaban J connectivity index is 0.892. The summed E-state index contributed by atoms with van der Waals surface area (Å²) in [4.78, 5) is 38.8. The van der Waals surface area contributed by atoms with Gasteiger partial charge in [0.1, 0.15) is 11.2 Å². The summed E-state index contributed by atoms with van der Waals surface area (Å²) < 4.78 is 15.1. The highest BCUT2D eigenvalue weighted by molar-refractivity contribution is 6.00. The van der Waals surface area contributed by atoms with Gasteiger partial charge in [0.25, 0.3) is 0 Å². The lowest BCUT2D eigenvalue weighted by Gasteiger charge is -2.73. The fourth-order valence-electron chi connectivity index (χ4n) is 27.8. The Labute approximate surface area is 475 Å². The summed E-state index contributed by atoms with van der Waals surface area (Å²) >= 11 is 0. The molecule has 8 nitrogen and oxygen atoms in total. The van der Waals surface area contributed by atoms with Crippen molar-refractivity contribution in [3.05, 3.63) is 105 Å². The number of fused-ring (bicyclic) bond motifs is 5. The number of hydrogen-bond acceptors (Lipinski definition) is 8. The molecule has 1 aromatic carbocycles. The molecule has 21 aliphatic rings. The van der Waals surface area contributed by atoms with E-state index in [2.05, 4.69) is 64.5 Å². The highest BCUT2D eigenvalue weighted by Crippen LogP contribution is 2.89. The van der Waals surface area contributed by atoms with E-state index in [4.69, 9.17) is 15.2 Å². The van der Waals surface area contributed by atoms with Crippen LogP contribution in [0, 0.1) is 97.6 Å². The number of hydrogen-bond donors (Lipinski definition) is 2. The number of nitrogens with two attached hydrogens (primary N) is 1. The van der Waals surface area contributed by atoms with Crippen LogP contribution >= 0.6 is 0 Å². The summed E-state index contributed by atoms with van der Waals surface area (Å²) in [5, 5.41) is 14.4. The third-order valence-electron chi connectivity index (χ3n) is 29.6. The molecule has 0 radical (unpaired) electrons. The first kappa shape index (κ1) is 48.5. The molecule has 14 bridgehead atoms. The summed E-state index contributed by atoms with van der Waals surface area (Å²) in [5.41, 5.74) is 12.9. The van der Waals surface area contributed by atoms with Crippen molar-refractivity contribution in [2.24, 2.45) is 103 Å². The molecule has 19 atom stereocenters. The van der Waals surface area contributed by atoms with Gasteiger partial charge in [-0.25, -0.2) is 4.79 Å². The summed E-state index contributed by atoms with van der Waals surface area (Å²) in [7, 11) is 0. The van der Waals surface area contributed by atoms with Crippen LogP contribution < -0.4 is 5.73 Å². The van der Waals surface area contributed by atoms with Crippen LogP contribution in [0.4, 0.5) is 0 Å². The second-order valence-electron chi connectivity index (χ2n) is 31.5. The fraction of sp³-hybridized carbons (Fsp3) is 0.722. The number of aliphatic hydroxyl groups excluding tert-OH is 1. The van der Waals surface area contributed by atoms with E-state index in [9.17, 15) is 5.11 Å². The Kier molecular flexibility index (Phi) is 9.88. The van der Waals surface area contributed by atoms with E-state index in [0.717, 1.165) is 56.4 Å². The number of nitrogens with zero attached hydrogens (tertiary/aromatic N) is 2. The van der Waals surface area contributed by atoms with Crippen LogP contribution in [-0.4, -0.2) is 65.1 Å². The first-order valence-electron chi connectivity index (χ1n) is 33.9. The van der Waals surface area contributed by atoms with Gasteiger partial charge in [-0.3, -0.25) is 9.69 Å². The Hall–Kier alpha value is -3.88. The van der Waals surface area contributed by atoms with E-state index in [1.54, 1.807) is 16.8 Å². The van der Waals surface area contributed by atoms with E-state index < -0.39 is 16.4 Å². The molecule has 9 aliphatic heterocycles. The monoisotopic (exact) mass is 1080 g/mol. The number of aliphatic hydroxyl groups is 1. The predicted molar refractivity (Wildman–Crippen MR) is 307 cm³/mol. The number of piperidine rings is 2. The average molecular weight is 1080 g/mol. The van der Waals surface area contributed by atoms with E-state index in [-0.39, 0.29) is 53.0 Å². The molecule has 80 heavy (non-hydrogen) atoms. The number of esters is 2. The third kappa shape index (κ3) is 5.39. The lowest BCUT2D eigenvalue weighted by atomic mass is 9.27. The molecule has 22 rings (SSSR count). The van der Waals surface area contributed by atoms with Crippen LogP contribution in [-0.2, 0) is 26.3 Å². The Morgan fingerprint density at radius 3 is 2.58 bits per heavy atom. The van der Waals surface area contributed by atoms with Crippen molar-refractivity contribution < 1.29 is 24.2 Å². The minimum absolute atomic E-state index is 0.0428. The molecular formula is C72H89N3O5. The molecular weight excluding hydrogens is 987 g/mol. The van der Waals surface area contributed by atoms with E-state index in [1.165, 1.54) is 140 Å². The SMILES string of the molecule is NCCCc1cccc2c1C(=O)OC21C2CC(C3CCCCC3)C=CC3C4=C5CCC16C(=C(O)CC(C17C=CC8CCCC89CCCC9(C1)C1(CCCC1)C7)N1CC7CC(C1)C1CCC8=C(C5C5C(CC=CC35)C8)N1C7)OC(=O)C426. The maximum atomic E-state index is 17.1. The normalized spacial score (nSPS) is 49.7. The number of allylic oxidation sites excluding steroid dienone is 7. The summed E-state index contributed by atoms with van der Waals surface area (Å²) in [6.45, 7) is 3.85. The molecule has 6 saturated carbocycles. The number of benzene rings is 1. The number of ether oxygens (including phenoxy) is 2. The van der Waals surface area contributed by atoms with Gasteiger partial charge in [-0.15, -0.1) is 0 Å². The second-order valence-corrected chi connectivity index (χ2v) is 31.5. The number of rotatable bonds is 5. The van der Waals surface area contributed by atoms with E-state index in [1.807, 2.05) is 0 Å². The molecule has 3 saturated heterocycles. The van der Waals surface area contributed by atoms with Crippen LogP contribution in [0.1, 0.15) is 195 Å². The summed E-state index contributed by atoms with van der Waals surface area (Å²) in [6, 6.07) is 7.13. The third-order valence-corrected chi connectivity index (χ3v) is 29.6. The van der Waals surface area contributed by atoms with Gasteiger partial charge >= 0.3 is 11.9 Å². The van der Waals surface area contributed by atoms with Gasteiger partial charge < -0.3 is 25.2 Å². The highest BCUT2D eigenvalue weighted by atomic mass is 16.6. The maximum absolute atomic E-state index is 17.1.